The van der Waals surface area contributed by atoms with Crippen molar-refractivity contribution in [2.24, 2.45) is 15.9 Å². The normalized spacial score (nSPS) is 26.8. The van der Waals surface area contributed by atoms with Crippen molar-refractivity contribution >= 4 is 23.3 Å². The van der Waals surface area contributed by atoms with Crippen LogP contribution in [0.5, 0.6) is 0 Å². The molecule has 0 spiro atoms. The van der Waals surface area contributed by atoms with Gasteiger partial charge < -0.3 is 4.90 Å². The molecule has 1 heterocycles. The molecule has 2 aliphatic rings. The first kappa shape index (κ1) is 11.0. The fourth-order valence-corrected chi connectivity index (χ4v) is 2.16. The van der Waals surface area contributed by atoms with Crippen molar-refractivity contribution in [1.82, 2.24) is 4.90 Å². The molecular formula is C11H19N3S. The Balaban J connectivity index is 2.19. The van der Waals surface area contributed by atoms with Crippen molar-refractivity contribution in [3.05, 3.63) is 0 Å². The fourth-order valence-electron chi connectivity index (χ4n) is 1.79. The Kier molecular flexibility index (Phi) is 2.79. The van der Waals surface area contributed by atoms with E-state index in [1.807, 2.05) is 12.6 Å². The van der Waals surface area contributed by atoms with E-state index >= 15 is 0 Å². The standard InChI is InChI=1S/C11H19N3S/c1-11(2,3)14-7-12-10(15-4)13-9(14)8-5-6-8/h7-9H,5-6H2,1-4H3. The highest BCUT2D eigenvalue weighted by Gasteiger charge is 2.39. The topological polar surface area (TPSA) is 28.0 Å². The van der Waals surface area contributed by atoms with Crippen LogP contribution >= 0.6 is 11.8 Å². The molecule has 4 heteroatoms. The molecule has 3 nitrogen and oxygen atoms in total. The molecule has 1 aliphatic heterocycles. The first-order valence-electron chi connectivity index (χ1n) is 5.47. The molecule has 15 heavy (non-hydrogen) atoms. The van der Waals surface area contributed by atoms with Crippen LogP contribution in [0.1, 0.15) is 33.6 Å². The number of aliphatic imine (C=N–C) groups is 2. The second-order valence-electron chi connectivity index (χ2n) is 5.19. The van der Waals surface area contributed by atoms with E-state index in [0.29, 0.717) is 6.17 Å². The van der Waals surface area contributed by atoms with Crippen molar-refractivity contribution in [3.63, 3.8) is 0 Å². The molecule has 1 aliphatic carbocycles. The second kappa shape index (κ2) is 3.81. The summed E-state index contributed by atoms with van der Waals surface area (Å²) in [6.07, 6.45) is 6.96. The predicted octanol–water partition coefficient (Wildman–Crippen LogP) is 2.58. The van der Waals surface area contributed by atoms with Crippen molar-refractivity contribution in [2.45, 2.75) is 45.3 Å². The van der Waals surface area contributed by atoms with Gasteiger partial charge in [-0.25, -0.2) is 9.98 Å². The van der Waals surface area contributed by atoms with E-state index in [-0.39, 0.29) is 5.54 Å². The molecule has 0 radical (unpaired) electrons. The summed E-state index contributed by atoms with van der Waals surface area (Å²) in [6, 6.07) is 0. The summed E-state index contributed by atoms with van der Waals surface area (Å²) < 4.78 is 0. The molecule has 0 N–H and O–H groups in total. The molecule has 0 aromatic rings. The zero-order valence-corrected chi connectivity index (χ0v) is 10.7. The van der Waals surface area contributed by atoms with Crippen LogP contribution in [0.2, 0.25) is 0 Å². The molecule has 0 bridgehead atoms. The number of hydrogen-bond acceptors (Lipinski definition) is 4. The maximum absolute atomic E-state index is 4.72. The van der Waals surface area contributed by atoms with Crippen LogP contribution in [0.4, 0.5) is 0 Å². The van der Waals surface area contributed by atoms with E-state index in [0.717, 1.165) is 11.1 Å². The van der Waals surface area contributed by atoms with Crippen LogP contribution in [0.25, 0.3) is 0 Å². The Morgan fingerprint density at radius 2 is 2.07 bits per heavy atom. The summed E-state index contributed by atoms with van der Waals surface area (Å²) in [5.74, 6) is 0.748. The highest BCUT2D eigenvalue weighted by atomic mass is 32.2. The summed E-state index contributed by atoms with van der Waals surface area (Å²) >= 11 is 1.63. The highest BCUT2D eigenvalue weighted by Crippen LogP contribution is 2.39. The van der Waals surface area contributed by atoms with Gasteiger partial charge in [-0.3, -0.25) is 0 Å². The van der Waals surface area contributed by atoms with Crippen molar-refractivity contribution in [1.29, 1.82) is 0 Å². The number of hydrogen-bond donors (Lipinski definition) is 0. The van der Waals surface area contributed by atoms with Crippen LogP contribution in [0.15, 0.2) is 9.98 Å². The lowest BCUT2D eigenvalue weighted by Gasteiger charge is -2.40. The fraction of sp³-hybridized carbons (Fsp3) is 0.818. The molecule has 84 valence electrons. The van der Waals surface area contributed by atoms with E-state index in [4.69, 9.17) is 4.99 Å². The Morgan fingerprint density at radius 1 is 1.40 bits per heavy atom. The van der Waals surface area contributed by atoms with Gasteiger partial charge in [-0.05, 0) is 45.8 Å². The third kappa shape index (κ3) is 2.36. The first-order chi connectivity index (χ1) is 7.02. The minimum Gasteiger partial charge on any atom is -0.335 e. The lowest BCUT2D eigenvalue weighted by Crippen LogP contribution is -2.49. The molecule has 1 fully saturated rings. The minimum absolute atomic E-state index is 0.115. The van der Waals surface area contributed by atoms with Crippen LogP contribution < -0.4 is 0 Å². The molecule has 1 unspecified atom stereocenters. The average Bonchev–Trinajstić information content (AvgIpc) is 2.98. The summed E-state index contributed by atoms with van der Waals surface area (Å²) in [4.78, 5) is 11.4. The highest BCUT2D eigenvalue weighted by molar-refractivity contribution is 8.13. The summed E-state index contributed by atoms with van der Waals surface area (Å²) in [5.41, 5.74) is 0.115. The van der Waals surface area contributed by atoms with Crippen molar-refractivity contribution in [2.75, 3.05) is 6.26 Å². The number of thioether (sulfide) groups is 1. The Labute approximate surface area is 96.1 Å². The van der Waals surface area contributed by atoms with E-state index < -0.39 is 0 Å². The van der Waals surface area contributed by atoms with Gasteiger partial charge >= 0.3 is 0 Å². The van der Waals surface area contributed by atoms with Gasteiger partial charge in [0.2, 0.25) is 0 Å². The smallest absolute Gasteiger partial charge is 0.186 e. The number of nitrogens with zero attached hydrogens (tertiary/aromatic N) is 3. The largest absolute Gasteiger partial charge is 0.335 e. The van der Waals surface area contributed by atoms with Crippen LogP contribution in [0.3, 0.4) is 0 Å². The van der Waals surface area contributed by atoms with E-state index in [9.17, 15) is 0 Å². The third-order valence-corrected chi connectivity index (χ3v) is 3.40. The third-order valence-electron chi connectivity index (χ3n) is 2.82. The summed E-state index contributed by atoms with van der Waals surface area (Å²) in [6.45, 7) is 6.65. The van der Waals surface area contributed by atoms with Gasteiger partial charge in [0.1, 0.15) is 6.17 Å². The molecule has 0 amide bonds. The minimum atomic E-state index is 0.115. The molecule has 2 rings (SSSR count). The average molecular weight is 225 g/mol. The monoisotopic (exact) mass is 225 g/mol. The van der Waals surface area contributed by atoms with Gasteiger partial charge in [-0.1, -0.05) is 11.8 Å². The van der Waals surface area contributed by atoms with Crippen LogP contribution in [-0.4, -0.2) is 34.4 Å². The lowest BCUT2D eigenvalue weighted by atomic mass is 10.0. The van der Waals surface area contributed by atoms with Crippen LogP contribution in [-0.2, 0) is 0 Å². The SMILES string of the molecule is CSC1=NC(C2CC2)N(C(C)(C)C)C=N1. The number of rotatable bonds is 1. The number of amidine groups is 1. The first-order valence-corrected chi connectivity index (χ1v) is 6.69. The van der Waals surface area contributed by atoms with Gasteiger partial charge in [0, 0.05) is 5.54 Å². The molecule has 0 aromatic heterocycles. The van der Waals surface area contributed by atoms with E-state index in [1.165, 1.54) is 12.8 Å². The maximum Gasteiger partial charge on any atom is 0.186 e. The summed E-state index contributed by atoms with van der Waals surface area (Å²) in [5, 5.41) is 0.924. The Hall–Kier alpha value is -0.510. The van der Waals surface area contributed by atoms with E-state index in [1.54, 1.807) is 11.8 Å². The summed E-state index contributed by atoms with van der Waals surface area (Å²) in [7, 11) is 0. The Bertz CT molecular complexity index is 299. The molecule has 1 saturated carbocycles. The van der Waals surface area contributed by atoms with Crippen molar-refractivity contribution in [3.8, 4) is 0 Å². The van der Waals surface area contributed by atoms with Crippen LogP contribution in [0, 0.1) is 5.92 Å². The maximum atomic E-state index is 4.72. The van der Waals surface area contributed by atoms with Gasteiger partial charge in [-0.2, -0.15) is 0 Å². The zero-order chi connectivity index (χ0) is 11.1. The van der Waals surface area contributed by atoms with Gasteiger partial charge in [-0.15, -0.1) is 0 Å². The molecular weight excluding hydrogens is 206 g/mol. The molecule has 0 saturated heterocycles. The second-order valence-corrected chi connectivity index (χ2v) is 5.96. The quantitative estimate of drug-likeness (QED) is 0.686. The predicted molar refractivity (Wildman–Crippen MR) is 67.5 cm³/mol. The Morgan fingerprint density at radius 3 is 2.53 bits per heavy atom. The van der Waals surface area contributed by atoms with Gasteiger partial charge in [0.15, 0.2) is 5.17 Å². The van der Waals surface area contributed by atoms with Gasteiger partial charge in [0.05, 0.1) is 6.34 Å². The zero-order valence-electron chi connectivity index (χ0n) is 9.90. The molecule has 1 atom stereocenters. The van der Waals surface area contributed by atoms with Gasteiger partial charge in [0.25, 0.3) is 0 Å². The lowest BCUT2D eigenvalue weighted by molar-refractivity contribution is 0.168. The molecule has 0 aromatic carbocycles. The van der Waals surface area contributed by atoms with E-state index in [2.05, 4.69) is 30.7 Å². The van der Waals surface area contributed by atoms with Crippen molar-refractivity contribution < 1.29 is 0 Å².